The lowest BCUT2D eigenvalue weighted by molar-refractivity contribution is 0.514. The highest BCUT2D eigenvalue weighted by atomic mass is 15.3. The fraction of sp³-hybridized carbons (Fsp3) is 0.600. The van der Waals surface area contributed by atoms with Crippen LogP contribution in [0.2, 0.25) is 0 Å². The third-order valence-corrected chi connectivity index (χ3v) is 3.53. The molecule has 20 heavy (non-hydrogen) atoms. The van der Waals surface area contributed by atoms with Crippen LogP contribution in [-0.4, -0.2) is 25.9 Å². The molecule has 0 aromatic carbocycles. The first-order chi connectivity index (χ1) is 9.65. The van der Waals surface area contributed by atoms with Crippen molar-refractivity contribution in [3.63, 3.8) is 0 Å². The molecule has 1 N–H and O–H groups in total. The van der Waals surface area contributed by atoms with Crippen molar-refractivity contribution in [3.05, 3.63) is 35.7 Å². The van der Waals surface area contributed by atoms with E-state index in [1.54, 1.807) is 0 Å². The molecular weight excluding hydrogens is 250 g/mol. The largest absolute Gasteiger partial charge is 0.335 e. The van der Waals surface area contributed by atoms with Crippen LogP contribution in [0.3, 0.4) is 0 Å². The van der Waals surface area contributed by atoms with Crippen molar-refractivity contribution in [1.29, 1.82) is 0 Å². The van der Waals surface area contributed by atoms with Gasteiger partial charge in [-0.2, -0.15) is 5.10 Å². The van der Waals surface area contributed by atoms with E-state index in [-0.39, 0.29) is 6.04 Å². The first kappa shape index (κ1) is 14.8. The SMILES string of the molecule is CCCn1ccnc1CC(NCC)c1cn(C)nc1C. The van der Waals surface area contributed by atoms with Crippen molar-refractivity contribution >= 4 is 0 Å². The lowest BCUT2D eigenvalue weighted by atomic mass is 10.0. The summed E-state index contributed by atoms with van der Waals surface area (Å²) in [4.78, 5) is 4.51. The Bertz CT molecular complexity index is 540. The highest BCUT2D eigenvalue weighted by molar-refractivity contribution is 5.21. The summed E-state index contributed by atoms with van der Waals surface area (Å²) in [7, 11) is 1.97. The lowest BCUT2D eigenvalue weighted by Gasteiger charge is -2.18. The van der Waals surface area contributed by atoms with Crippen LogP contribution >= 0.6 is 0 Å². The smallest absolute Gasteiger partial charge is 0.110 e. The van der Waals surface area contributed by atoms with Gasteiger partial charge in [0.25, 0.3) is 0 Å². The molecule has 0 aliphatic rings. The zero-order valence-corrected chi connectivity index (χ0v) is 12.9. The Morgan fingerprint density at radius 2 is 2.15 bits per heavy atom. The zero-order chi connectivity index (χ0) is 14.5. The maximum Gasteiger partial charge on any atom is 0.110 e. The van der Waals surface area contributed by atoms with E-state index in [9.17, 15) is 0 Å². The summed E-state index contributed by atoms with van der Waals surface area (Å²) in [6, 6.07) is 0.270. The Labute approximate surface area is 121 Å². The molecule has 0 aliphatic heterocycles. The molecule has 0 saturated carbocycles. The van der Waals surface area contributed by atoms with E-state index < -0.39 is 0 Å². The van der Waals surface area contributed by atoms with E-state index in [0.29, 0.717) is 0 Å². The van der Waals surface area contributed by atoms with Crippen molar-refractivity contribution in [2.24, 2.45) is 7.05 Å². The maximum absolute atomic E-state index is 4.51. The highest BCUT2D eigenvalue weighted by Gasteiger charge is 2.18. The molecule has 1 unspecified atom stereocenters. The number of imidazole rings is 1. The second kappa shape index (κ2) is 6.70. The second-order valence-corrected chi connectivity index (χ2v) is 5.19. The van der Waals surface area contributed by atoms with Gasteiger partial charge in [0.05, 0.1) is 5.69 Å². The molecule has 110 valence electrons. The number of nitrogens with zero attached hydrogens (tertiary/aromatic N) is 4. The van der Waals surface area contributed by atoms with E-state index in [1.165, 1.54) is 5.56 Å². The van der Waals surface area contributed by atoms with Crippen molar-refractivity contribution in [3.8, 4) is 0 Å². The first-order valence-corrected chi connectivity index (χ1v) is 7.39. The quantitative estimate of drug-likeness (QED) is 0.843. The summed E-state index contributed by atoms with van der Waals surface area (Å²) < 4.78 is 4.13. The third-order valence-electron chi connectivity index (χ3n) is 3.53. The molecule has 0 spiro atoms. The first-order valence-electron chi connectivity index (χ1n) is 7.39. The van der Waals surface area contributed by atoms with Crippen LogP contribution in [0.1, 0.15) is 43.4 Å². The van der Waals surface area contributed by atoms with Gasteiger partial charge in [-0.3, -0.25) is 4.68 Å². The molecule has 0 amide bonds. The van der Waals surface area contributed by atoms with E-state index in [0.717, 1.165) is 37.4 Å². The number of likely N-dealkylation sites (N-methyl/N-ethyl adjacent to an activating group) is 1. The molecule has 2 rings (SSSR count). The number of aromatic nitrogens is 4. The fourth-order valence-corrected chi connectivity index (χ4v) is 2.66. The molecule has 5 heteroatoms. The van der Waals surface area contributed by atoms with Gasteiger partial charge in [0.1, 0.15) is 5.82 Å². The number of aryl methyl sites for hydroxylation is 3. The van der Waals surface area contributed by atoms with Crippen LogP contribution in [0, 0.1) is 6.92 Å². The molecule has 2 heterocycles. The Hall–Kier alpha value is -1.62. The summed E-state index contributed by atoms with van der Waals surface area (Å²) in [5.41, 5.74) is 2.35. The van der Waals surface area contributed by atoms with Gasteiger partial charge in [-0.05, 0) is 19.9 Å². The van der Waals surface area contributed by atoms with Gasteiger partial charge < -0.3 is 9.88 Å². The predicted molar refractivity (Wildman–Crippen MR) is 80.6 cm³/mol. The van der Waals surface area contributed by atoms with Crippen LogP contribution in [0.25, 0.3) is 0 Å². The molecule has 0 fully saturated rings. The molecule has 0 radical (unpaired) electrons. The Kier molecular flexibility index (Phi) is 4.95. The number of rotatable bonds is 7. The molecule has 2 aromatic heterocycles. The minimum absolute atomic E-state index is 0.270. The number of nitrogens with one attached hydrogen (secondary N) is 1. The van der Waals surface area contributed by atoms with Gasteiger partial charge in [0, 0.05) is 50.2 Å². The van der Waals surface area contributed by atoms with E-state index >= 15 is 0 Å². The summed E-state index contributed by atoms with van der Waals surface area (Å²) in [6.07, 6.45) is 8.09. The van der Waals surface area contributed by atoms with Crippen molar-refractivity contribution in [2.75, 3.05) is 6.54 Å². The summed E-state index contributed by atoms with van der Waals surface area (Å²) >= 11 is 0. The van der Waals surface area contributed by atoms with Gasteiger partial charge in [0.15, 0.2) is 0 Å². The molecule has 1 atom stereocenters. The topological polar surface area (TPSA) is 47.7 Å². The van der Waals surface area contributed by atoms with Gasteiger partial charge in [-0.25, -0.2) is 4.98 Å². The normalized spacial score (nSPS) is 12.8. The summed E-state index contributed by atoms with van der Waals surface area (Å²) in [6.45, 7) is 8.36. The summed E-state index contributed by atoms with van der Waals surface area (Å²) in [5, 5.41) is 8.01. The molecule has 0 bridgehead atoms. The lowest BCUT2D eigenvalue weighted by Crippen LogP contribution is -2.24. The molecule has 2 aromatic rings. The zero-order valence-electron chi connectivity index (χ0n) is 12.9. The van der Waals surface area contributed by atoms with E-state index in [4.69, 9.17) is 0 Å². The minimum atomic E-state index is 0.270. The van der Waals surface area contributed by atoms with Gasteiger partial charge >= 0.3 is 0 Å². The third kappa shape index (κ3) is 3.28. The Morgan fingerprint density at radius 1 is 1.35 bits per heavy atom. The number of hydrogen-bond acceptors (Lipinski definition) is 3. The average molecular weight is 275 g/mol. The molecule has 0 aliphatic carbocycles. The number of hydrogen-bond donors (Lipinski definition) is 1. The molecular formula is C15H25N5. The van der Waals surface area contributed by atoms with Crippen LogP contribution in [-0.2, 0) is 20.0 Å². The van der Waals surface area contributed by atoms with Gasteiger partial charge in [-0.1, -0.05) is 13.8 Å². The van der Waals surface area contributed by atoms with E-state index in [1.807, 2.05) is 17.9 Å². The Balaban J connectivity index is 2.21. The second-order valence-electron chi connectivity index (χ2n) is 5.19. The minimum Gasteiger partial charge on any atom is -0.335 e. The maximum atomic E-state index is 4.51. The average Bonchev–Trinajstić information content (AvgIpc) is 2.96. The van der Waals surface area contributed by atoms with Crippen molar-refractivity contribution < 1.29 is 0 Å². The van der Waals surface area contributed by atoms with Crippen LogP contribution in [0.4, 0.5) is 0 Å². The van der Waals surface area contributed by atoms with Crippen molar-refractivity contribution in [1.82, 2.24) is 24.6 Å². The van der Waals surface area contributed by atoms with Crippen LogP contribution < -0.4 is 5.32 Å². The van der Waals surface area contributed by atoms with E-state index in [2.05, 4.69) is 53.1 Å². The van der Waals surface area contributed by atoms with Crippen LogP contribution in [0.5, 0.6) is 0 Å². The van der Waals surface area contributed by atoms with Gasteiger partial charge in [-0.15, -0.1) is 0 Å². The molecule has 5 nitrogen and oxygen atoms in total. The van der Waals surface area contributed by atoms with Gasteiger partial charge in [0.2, 0.25) is 0 Å². The van der Waals surface area contributed by atoms with Crippen LogP contribution in [0.15, 0.2) is 18.6 Å². The molecule has 0 saturated heterocycles. The monoisotopic (exact) mass is 275 g/mol. The summed E-state index contributed by atoms with van der Waals surface area (Å²) in [5.74, 6) is 1.14. The highest BCUT2D eigenvalue weighted by Crippen LogP contribution is 2.20. The Morgan fingerprint density at radius 3 is 2.75 bits per heavy atom. The van der Waals surface area contributed by atoms with Crippen molar-refractivity contribution in [2.45, 2.75) is 46.2 Å². The fourth-order valence-electron chi connectivity index (χ4n) is 2.66. The predicted octanol–water partition coefficient (Wildman–Crippen LogP) is 2.23. The standard InChI is InChI=1S/C15H25N5/c1-5-8-20-9-7-17-15(20)10-14(16-6-2)13-11-19(4)18-12(13)3/h7,9,11,14,16H,5-6,8,10H2,1-4H3.